The largest absolute Gasteiger partial charge is 0.361 e. The highest BCUT2D eigenvalue weighted by Crippen LogP contribution is 2.21. The normalized spacial score (nSPS) is 22.6. The van der Waals surface area contributed by atoms with E-state index in [1.54, 1.807) is 0 Å². The molecule has 0 unspecified atom stereocenters. The highest BCUT2D eigenvalue weighted by atomic mass is 32.2. The summed E-state index contributed by atoms with van der Waals surface area (Å²) in [5.41, 5.74) is -0.864. The Hall–Kier alpha value is -1.37. The molecule has 0 amide bonds. The summed E-state index contributed by atoms with van der Waals surface area (Å²) in [4.78, 5) is 0.712. The van der Waals surface area contributed by atoms with E-state index in [1.807, 2.05) is 0 Å². The predicted molar refractivity (Wildman–Crippen MR) is 82.2 cm³/mol. The number of nitrogens with zero attached hydrogens (tertiary/aromatic N) is 1. The second-order valence-corrected chi connectivity index (χ2v) is 5.91. The molecule has 0 aliphatic rings. The molecule has 2 N–H and O–H groups in total. The molecule has 6 heteroatoms. The molecule has 0 aliphatic carbocycles. The van der Waals surface area contributed by atoms with Gasteiger partial charge < -0.3 is 9.88 Å². The first-order valence-corrected chi connectivity index (χ1v) is 7.28. The van der Waals surface area contributed by atoms with Crippen molar-refractivity contribution in [3.63, 3.8) is 0 Å². The minimum Gasteiger partial charge on any atom is -0.361 e. The molecular formula is C14H21N3O2S. The van der Waals surface area contributed by atoms with Gasteiger partial charge in [-0.25, -0.2) is 13.1 Å². The van der Waals surface area contributed by atoms with E-state index in [2.05, 4.69) is 0 Å². The number of nitrogens with one attached hydrogen (secondary N) is 2. The second kappa shape index (κ2) is 5.95. The van der Waals surface area contributed by atoms with E-state index in [-0.39, 0.29) is 26.1 Å². The van der Waals surface area contributed by atoms with Gasteiger partial charge in [-0.3, -0.25) is 0 Å². The zero-order chi connectivity index (χ0) is 25.0. The van der Waals surface area contributed by atoms with Crippen LogP contribution in [0.5, 0.6) is 0 Å². The number of benzene rings is 1. The van der Waals surface area contributed by atoms with Gasteiger partial charge in [-0.05, 0) is 50.6 Å². The number of hydrogen-bond acceptors (Lipinski definition) is 3. The van der Waals surface area contributed by atoms with Crippen LogP contribution in [0.4, 0.5) is 0 Å². The van der Waals surface area contributed by atoms with E-state index in [9.17, 15) is 8.42 Å². The lowest BCUT2D eigenvalue weighted by Crippen LogP contribution is -2.20. The van der Waals surface area contributed by atoms with Crippen molar-refractivity contribution in [3.05, 3.63) is 35.4 Å². The standard InChI is InChI=1S/C14H21N3O2S/c1-15-20(18,19)10-11-4-5-14-13(8-11)12(9-16-14)6-7-17(2)3/h4-5,8-9,15-16H,6-7,10H2,1-3H3/i2D3,3D3,4D,5D,8D,9D/hD2. The van der Waals surface area contributed by atoms with Gasteiger partial charge in [0.1, 0.15) is 1.41 Å². The fraction of sp³-hybridized carbons (Fsp3) is 0.429. The Morgan fingerprint density at radius 1 is 1.55 bits per heavy atom. The highest BCUT2D eigenvalue weighted by molar-refractivity contribution is 7.88. The summed E-state index contributed by atoms with van der Waals surface area (Å²) in [5, 5.41) is -0.208. The van der Waals surface area contributed by atoms with Crippen LogP contribution in [-0.2, 0) is 22.2 Å². The molecule has 0 atom stereocenters. The van der Waals surface area contributed by atoms with E-state index in [4.69, 9.17) is 16.5 Å². The summed E-state index contributed by atoms with van der Waals surface area (Å²) in [6.07, 6.45) is -0.944. The van der Waals surface area contributed by atoms with E-state index in [0.29, 0.717) is 4.98 Å². The van der Waals surface area contributed by atoms with Crippen molar-refractivity contribution in [1.82, 2.24) is 14.6 Å². The molecule has 0 bridgehead atoms. The first-order chi connectivity index (χ1) is 14.3. The van der Waals surface area contributed by atoms with Crippen LogP contribution in [0.25, 0.3) is 10.9 Å². The molecule has 1 aromatic carbocycles. The Bertz CT molecular complexity index is 1120. The SMILES string of the molecule is [2H]c1c(CS(=O)(=O)N([2H])C)c([2H])c2c(CCN(C([2H])([2H])[2H])C([2H])([2H])[2H])c([2H])n([2H])c2c1[2H]. The van der Waals surface area contributed by atoms with Crippen molar-refractivity contribution in [1.29, 1.82) is 0 Å². The fourth-order valence-corrected chi connectivity index (χ4v) is 2.28. The van der Waals surface area contributed by atoms with Crippen LogP contribution >= 0.6 is 0 Å². The van der Waals surface area contributed by atoms with Crippen molar-refractivity contribution >= 4 is 20.9 Å². The molecule has 2 rings (SSSR count). The lowest BCUT2D eigenvalue weighted by molar-refractivity contribution is 0.414. The summed E-state index contributed by atoms with van der Waals surface area (Å²) in [7, 11) is -3.30. The summed E-state index contributed by atoms with van der Waals surface area (Å²) in [5.74, 6) is -0.945. The Labute approximate surface area is 137 Å². The summed E-state index contributed by atoms with van der Waals surface area (Å²) in [6.45, 7) is -6.59. The molecule has 5 nitrogen and oxygen atoms in total. The van der Waals surface area contributed by atoms with E-state index < -0.39 is 72.6 Å². The van der Waals surface area contributed by atoms with Crippen LogP contribution in [0.15, 0.2) is 24.3 Å². The monoisotopic (exact) mass is 307 g/mol. The quantitative estimate of drug-likeness (QED) is 0.846. The predicted octanol–water partition coefficient (Wildman–Crippen LogP) is 1.32. The lowest BCUT2D eigenvalue weighted by Gasteiger charge is -2.08. The van der Waals surface area contributed by atoms with Gasteiger partial charge >= 0.3 is 0 Å². The van der Waals surface area contributed by atoms with Gasteiger partial charge in [0, 0.05) is 31.8 Å². The maximum atomic E-state index is 12.1. The molecule has 0 aliphatic heterocycles. The first-order valence-electron chi connectivity index (χ1n) is 11.6. The van der Waals surface area contributed by atoms with Crippen LogP contribution in [0, 0.1) is 0 Å². The fourth-order valence-electron chi connectivity index (χ4n) is 1.64. The van der Waals surface area contributed by atoms with Gasteiger partial charge in [0.2, 0.25) is 10.0 Å². The maximum absolute atomic E-state index is 12.1. The van der Waals surface area contributed by atoms with E-state index >= 15 is 0 Å². The van der Waals surface area contributed by atoms with Crippen molar-refractivity contribution in [3.8, 4) is 0 Å². The molecule has 1 heterocycles. The molecule has 0 fully saturated rings. The van der Waals surface area contributed by atoms with E-state index in [1.165, 1.54) is 0 Å². The average Bonchev–Trinajstić information content (AvgIpc) is 2.86. The van der Waals surface area contributed by atoms with Crippen LogP contribution in [0.2, 0.25) is 2.82 Å². The van der Waals surface area contributed by atoms with Crippen molar-refractivity contribution in [2.75, 3.05) is 27.5 Å². The first kappa shape index (κ1) is 5.79. The molecule has 110 valence electrons. The Morgan fingerprint density at radius 2 is 2.35 bits per heavy atom. The summed E-state index contributed by atoms with van der Waals surface area (Å²) in [6, 6.07) is -1.83. The van der Waals surface area contributed by atoms with Gasteiger partial charge in [0.25, 0.3) is 0 Å². The maximum Gasteiger partial charge on any atom is 0.215 e. The van der Waals surface area contributed by atoms with Crippen molar-refractivity contribution in [2.24, 2.45) is 0 Å². The van der Waals surface area contributed by atoms with Crippen LogP contribution < -0.4 is 4.72 Å². The number of fused-ring (bicyclic) bond motifs is 1. The molecule has 0 saturated heterocycles. The van der Waals surface area contributed by atoms with Gasteiger partial charge in [0.15, 0.2) is 1.41 Å². The Morgan fingerprint density at radius 3 is 3.05 bits per heavy atom. The zero-order valence-corrected chi connectivity index (χ0v) is 11.5. The molecule has 0 radical (unpaired) electrons. The number of aromatic nitrogens is 1. The third-order valence-corrected chi connectivity index (χ3v) is 3.85. The third kappa shape index (κ3) is 3.59. The topological polar surface area (TPSA) is 65.2 Å². The molecule has 0 saturated carbocycles. The molecule has 2 aromatic rings. The Balaban J connectivity index is 2.72. The number of hydrogen-bond donors (Lipinski definition) is 2. The van der Waals surface area contributed by atoms with Crippen LogP contribution in [-0.4, -0.2) is 45.8 Å². The van der Waals surface area contributed by atoms with Crippen molar-refractivity contribution in [2.45, 2.75) is 12.2 Å². The number of H-pyrrole nitrogens is 1. The Kier molecular flexibility index (Phi) is 1.72. The molecule has 20 heavy (non-hydrogen) atoms. The van der Waals surface area contributed by atoms with Gasteiger partial charge in [-0.2, -0.15) is 0 Å². The van der Waals surface area contributed by atoms with Crippen molar-refractivity contribution < 1.29 is 24.9 Å². The van der Waals surface area contributed by atoms with Gasteiger partial charge in [-0.1, -0.05) is 6.04 Å². The highest BCUT2D eigenvalue weighted by Gasteiger charge is 2.11. The van der Waals surface area contributed by atoms with Crippen LogP contribution in [0.1, 0.15) is 24.8 Å². The third-order valence-electron chi connectivity index (χ3n) is 2.64. The minimum absolute atomic E-state index is 0.120. The molecule has 1 aromatic heterocycles. The van der Waals surface area contributed by atoms with E-state index in [0.717, 1.165) is 7.05 Å². The second-order valence-electron chi connectivity index (χ2n) is 4.09. The molecular weight excluding hydrogens is 274 g/mol. The smallest absolute Gasteiger partial charge is 0.215 e. The average molecular weight is 307 g/mol. The summed E-state index contributed by atoms with van der Waals surface area (Å²) >= 11 is 0. The number of likely N-dealkylation sites (N-methyl/N-ethyl adjacent to an activating group) is 1. The lowest BCUT2D eigenvalue weighted by atomic mass is 10.1. The number of rotatable bonds is 6. The summed E-state index contributed by atoms with van der Waals surface area (Å²) < 4.78 is 117. The van der Waals surface area contributed by atoms with Gasteiger partial charge in [-0.15, -0.1) is 0 Å². The molecule has 0 spiro atoms. The number of sulfonamides is 1. The van der Waals surface area contributed by atoms with Gasteiger partial charge in [0.05, 0.1) is 11.2 Å². The zero-order valence-electron chi connectivity index (χ0n) is 22.7. The number of aromatic amines is 1. The minimum atomic E-state index is -4.24. The van der Waals surface area contributed by atoms with Crippen LogP contribution in [0.3, 0.4) is 0 Å².